The maximum absolute atomic E-state index is 13.4. The normalized spacial score (nSPS) is 17.7. The van der Waals surface area contributed by atoms with Gasteiger partial charge in [0.1, 0.15) is 0 Å². The Morgan fingerprint density at radius 2 is 1.83 bits per heavy atom. The monoisotopic (exact) mass is 388 g/mol. The van der Waals surface area contributed by atoms with Gasteiger partial charge < -0.3 is 4.90 Å². The number of aryl methyl sites for hydroxylation is 1. The lowest BCUT2D eigenvalue weighted by molar-refractivity contribution is -0.384. The van der Waals surface area contributed by atoms with Gasteiger partial charge >= 0.3 is 0 Å². The number of non-ortho nitro benzene ring substituents is 1. The molecule has 0 N–H and O–H groups in total. The third-order valence-corrected chi connectivity index (χ3v) is 5.75. The highest BCUT2D eigenvalue weighted by Crippen LogP contribution is 2.42. The van der Waals surface area contributed by atoms with Gasteiger partial charge in [-0.1, -0.05) is 24.3 Å². The highest BCUT2D eigenvalue weighted by molar-refractivity contribution is 5.93. The molecule has 2 aliphatic carbocycles. The number of benzene rings is 2. The highest BCUT2D eigenvalue weighted by atomic mass is 16.6. The molecule has 1 atom stereocenters. The quantitative estimate of drug-likeness (QED) is 0.487. The van der Waals surface area contributed by atoms with E-state index in [4.69, 9.17) is 0 Å². The number of fused-ring (bicyclic) bond motifs is 1. The van der Waals surface area contributed by atoms with Crippen LogP contribution >= 0.6 is 0 Å². The van der Waals surface area contributed by atoms with Crippen LogP contribution < -0.4 is 0 Å². The van der Waals surface area contributed by atoms with Gasteiger partial charge in [-0.3, -0.25) is 14.9 Å². The molecule has 146 valence electrons. The van der Waals surface area contributed by atoms with Crippen molar-refractivity contribution >= 4 is 11.6 Å². The molecule has 1 saturated carbocycles. The Bertz CT molecular complexity index is 1090. The molecule has 0 radical (unpaired) electrons. The number of nitrogens with zero attached hydrogens (tertiary/aromatic N) is 4. The van der Waals surface area contributed by atoms with E-state index in [-0.39, 0.29) is 23.7 Å². The van der Waals surface area contributed by atoms with E-state index in [0.717, 1.165) is 25.7 Å². The molecule has 0 spiro atoms. The molecule has 7 heteroatoms. The second-order valence-corrected chi connectivity index (χ2v) is 7.62. The first kappa shape index (κ1) is 17.6. The molecule has 1 aromatic heterocycles. The van der Waals surface area contributed by atoms with E-state index in [1.165, 1.54) is 23.3 Å². The molecular weight excluding hydrogens is 368 g/mol. The van der Waals surface area contributed by atoms with Crippen LogP contribution in [-0.2, 0) is 6.42 Å². The van der Waals surface area contributed by atoms with Crippen LogP contribution in [-0.4, -0.2) is 31.6 Å². The summed E-state index contributed by atoms with van der Waals surface area (Å²) >= 11 is 0. The predicted molar refractivity (Wildman–Crippen MR) is 107 cm³/mol. The van der Waals surface area contributed by atoms with Gasteiger partial charge in [-0.15, -0.1) is 0 Å². The Morgan fingerprint density at radius 3 is 2.55 bits per heavy atom. The molecule has 1 unspecified atom stereocenters. The van der Waals surface area contributed by atoms with Gasteiger partial charge in [-0.05, 0) is 55.0 Å². The first-order valence-electron chi connectivity index (χ1n) is 9.83. The van der Waals surface area contributed by atoms with Gasteiger partial charge in [0.05, 0.1) is 16.7 Å². The molecule has 1 amide bonds. The molecule has 29 heavy (non-hydrogen) atoms. The molecule has 3 aromatic rings. The van der Waals surface area contributed by atoms with E-state index in [1.54, 1.807) is 29.1 Å². The van der Waals surface area contributed by atoms with Crippen LogP contribution in [0.15, 0.2) is 60.8 Å². The molecule has 1 heterocycles. The third kappa shape index (κ3) is 3.18. The maximum Gasteiger partial charge on any atom is 0.275 e. The Hall–Kier alpha value is -3.48. The van der Waals surface area contributed by atoms with Crippen LogP contribution in [0.4, 0.5) is 5.69 Å². The van der Waals surface area contributed by atoms with E-state index >= 15 is 0 Å². The molecule has 0 saturated heterocycles. The van der Waals surface area contributed by atoms with E-state index in [9.17, 15) is 14.9 Å². The summed E-state index contributed by atoms with van der Waals surface area (Å²) in [6, 6.07) is 16.6. The molecule has 2 aliphatic rings. The molecule has 2 aromatic carbocycles. The summed E-state index contributed by atoms with van der Waals surface area (Å²) in [5.74, 6) is -0.0464. The molecule has 5 rings (SSSR count). The summed E-state index contributed by atoms with van der Waals surface area (Å²) in [6.45, 7) is 0. The fraction of sp³-hybridized carbons (Fsp3) is 0.273. The van der Waals surface area contributed by atoms with Crippen LogP contribution in [0.1, 0.15) is 46.9 Å². The third-order valence-electron chi connectivity index (χ3n) is 5.75. The number of carbonyl (C=O) groups excluding carboxylic acids is 1. The lowest BCUT2D eigenvalue weighted by Gasteiger charge is -2.29. The summed E-state index contributed by atoms with van der Waals surface area (Å²) < 4.78 is 1.59. The molecule has 0 aliphatic heterocycles. The number of nitro groups is 1. The lowest BCUT2D eigenvalue weighted by Crippen LogP contribution is -2.36. The van der Waals surface area contributed by atoms with Crippen molar-refractivity contribution in [2.45, 2.75) is 37.8 Å². The average molecular weight is 388 g/mol. The Kier molecular flexibility index (Phi) is 4.16. The molecule has 7 nitrogen and oxygen atoms in total. The number of nitro benzene ring substituents is 1. The van der Waals surface area contributed by atoms with Crippen molar-refractivity contribution in [3.63, 3.8) is 0 Å². The minimum Gasteiger partial charge on any atom is -0.327 e. The first-order valence-corrected chi connectivity index (χ1v) is 9.83. The average Bonchev–Trinajstić information content (AvgIpc) is 3.29. The van der Waals surface area contributed by atoms with Crippen LogP contribution in [0.3, 0.4) is 0 Å². The number of amides is 1. The molecule has 1 fully saturated rings. The fourth-order valence-electron chi connectivity index (χ4n) is 4.18. The largest absolute Gasteiger partial charge is 0.327 e. The van der Waals surface area contributed by atoms with E-state index < -0.39 is 4.92 Å². The number of hydrogen-bond acceptors (Lipinski definition) is 4. The minimum absolute atomic E-state index is 0.0250. The van der Waals surface area contributed by atoms with Gasteiger partial charge in [-0.25, -0.2) is 4.68 Å². The number of carbonyl (C=O) groups is 1. The fourth-order valence-corrected chi connectivity index (χ4v) is 4.18. The summed E-state index contributed by atoms with van der Waals surface area (Å²) in [5, 5.41) is 15.3. The second-order valence-electron chi connectivity index (χ2n) is 7.62. The zero-order chi connectivity index (χ0) is 20.0. The van der Waals surface area contributed by atoms with E-state index in [0.29, 0.717) is 11.4 Å². The summed E-state index contributed by atoms with van der Waals surface area (Å²) in [7, 11) is 0. The Morgan fingerprint density at radius 1 is 1.07 bits per heavy atom. The van der Waals surface area contributed by atoms with Gasteiger partial charge in [0, 0.05) is 24.4 Å². The Labute approximate surface area is 167 Å². The Balaban J connectivity index is 1.42. The summed E-state index contributed by atoms with van der Waals surface area (Å²) in [5.41, 5.74) is 3.69. The molecular formula is C22H20N4O3. The SMILES string of the molecule is O=C(c1ccn(-c2ccc([N+](=O)[O-])cc2)n1)N(C1CC1)C1CCc2ccccc21. The number of hydrogen-bond donors (Lipinski definition) is 0. The van der Waals surface area contributed by atoms with Gasteiger partial charge in [0.15, 0.2) is 5.69 Å². The van der Waals surface area contributed by atoms with Crippen molar-refractivity contribution < 1.29 is 9.72 Å². The topological polar surface area (TPSA) is 81.3 Å². The van der Waals surface area contributed by atoms with Gasteiger partial charge in [0.2, 0.25) is 0 Å². The second kappa shape index (κ2) is 6.84. The van der Waals surface area contributed by atoms with Crippen LogP contribution in [0.2, 0.25) is 0 Å². The highest BCUT2D eigenvalue weighted by Gasteiger charge is 2.41. The van der Waals surface area contributed by atoms with Crippen LogP contribution in [0, 0.1) is 10.1 Å². The minimum atomic E-state index is -0.436. The maximum atomic E-state index is 13.4. The van der Waals surface area contributed by atoms with Crippen molar-refractivity contribution in [2.75, 3.05) is 0 Å². The standard InChI is InChI=1S/C22H20N4O3/c27-22(20-13-14-24(23-20)16-6-10-18(11-7-16)26(28)29)25(17-8-9-17)21-12-5-15-3-1-2-4-19(15)21/h1-4,6-7,10-11,13-14,17,21H,5,8-9,12H2. The van der Waals surface area contributed by atoms with Gasteiger partial charge in [-0.2, -0.15) is 5.10 Å². The first-order chi connectivity index (χ1) is 14.1. The van der Waals surface area contributed by atoms with Crippen molar-refractivity contribution in [2.24, 2.45) is 0 Å². The van der Waals surface area contributed by atoms with Crippen molar-refractivity contribution in [1.82, 2.24) is 14.7 Å². The zero-order valence-electron chi connectivity index (χ0n) is 15.8. The zero-order valence-corrected chi connectivity index (χ0v) is 15.8. The summed E-state index contributed by atoms with van der Waals surface area (Å²) in [6.07, 6.45) is 5.74. The van der Waals surface area contributed by atoms with Crippen molar-refractivity contribution in [3.8, 4) is 5.69 Å². The smallest absolute Gasteiger partial charge is 0.275 e. The van der Waals surface area contributed by atoms with Crippen LogP contribution in [0.25, 0.3) is 5.69 Å². The van der Waals surface area contributed by atoms with Crippen molar-refractivity contribution in [1.29, 1.82) is 0 Å². The number of aromatic nitrogens is 2. The summed E-state index contributed by atoms with van der Waals surface area (Å²) in [4.78, 5) is 25.8. The van der Waals surface area contributed by atoms with Crippen molar-refractivity contribution in [3.05, 3.63) is 87.7 Å². The van der Waals surface area contributed by atoms with Gasteiger partial charge in [0.25, 0.3) is 11.6 Å². The van der Waals surface area contributed by atoms with E-state index in [2.05, 4.69) is 23.3 Å². The van der Waals surface area contributed by atoms with E-state index in [1.807, 2.05) is 11.0 Å². The number of rotatable bonds is 5. The molecule has 0 bridgehead atoms. The predicted octanol–water partition coefficient (Wildman–Crippen LogP) is 4.07. The lowest BCUT2D eigenvalue weighted by atomic mass is 10.1. The van der Waals surface area contributed by atoms with Crippen LogP contribution in [0.5, 0.6) is 0 Å².